The minimum atomic E-state index is -1.97. The lowest BCUT2D eigenvalue weighted by atomic mass is 9.54. The van der Waals surface area contributed by atoms with E-state index in [-0.39, 0.29) is 11.3 Å². The van der Waals surface area contributed by atoms with Crippen molar-refractivity contribution in [3.05, 3.63) is 47.0 Å². The fourth-order valence-corrected chi connectivity index (χ4v) is 4.35. The monoisotopic (exact) mass is 366 g/mol. The second-order valence-corrected chi connectivity index (χ2v) is 6.97. The van der Waals surface area contributed by atoms with Crippen LogP contribution >= 0.6 is 0 Å². The second kappa shape index (κ2) is 6.91. The molecular formula is C20H18F2N5+. The van der Waals surface area contributed by atoms with Gasteiger partial charge in [0.1, 0.15) is 17.6 Å². The Morgan fingerprint density at radius 2 is 1.96 bits per heavy atom. The van der Waals surface area contributed by atoms with Crippen molar-refractivity contribution >= 4 is 5.71 Å². The standard InChI is InChI=1S/C20H17F2N5/c1-2-27-6-5-13-15(8-23)19(26)20(10-24,11-25)18(16(13)9-27)14-4-3-12(21)7-17(14)22/h3-5,7,15-16,18,26H,2,6,9H2,1H3/p+1/t15?,16-,18-/m0/s1. The Morgan fingerprint density at radius 1 is 1.26 bits per heavy atom. The number of hydrogen-bond acceptors (Lipinski definition) is 4. The summed E-state index contributed by atoms with van der Waals surface area (Å²) in [5.41, 5.74) is -1.60. The van der Waals surface area contributed by atoms with Crippen molar-refractivity contribution in [1.29, 1.82) is 21.2 Å². The van der Waals surface area contributed by atoms with E-state index in [2.05, 4.69) is 0 Å². The zero-order chi connectivity index (χ0) is 19.8. The molecular weight excluding hydrogens is 348 g/mol. The van der Waals surface area contributed by atoms with Gasteiger partial charge in [-0.25, -0.2) is 8.78 Å². The van der Waals surface area contributed by atoms with E-state index in [0.29, 0.717) is 18.7 Å². The Kier molecular flexibility index (Phi) is 4.79. The fourth-order valence-electron chi connectivity index (χ4n) is 4.35. The quantitative estimate of drug-likeness (QED) is 0.780. The van der Waals surface area contributed by atoms with Crippen molar-refractivity contribution in [2.75, 3.05) is 19.6 Å². The Hall–Kier alpha value is -3.08. The Labute approximate surface area is 156 Å². The third-order valence-electron chi connectivity index (χ3n) is 5.76. The lowest BCUT2D eigenvalue weighted by molar-refractivity contribution is -0.897. The summed E-state index contributed by atoms with van der Waals surface area (Å²) >= 11 is 0. The number of quaternary nitrogens is 1. The molecule has 1 fully saturated rings. The molecule has 0 aromatic heterocycles. The van der Waals surface area contributed by atoms with Crippen LogP contribution in [-0.2, 0) is 0 Å². The number of hydrogen-bond donors (Lipinski definition) is 2. The SMILES string of the molecule is CC[NH+]1CC=C2C(C#N)C(=N)C(C#N)(C#N)[C@@H](c3ccc(F)cc3F)[C@H]2C1. The summed E-state index contributed by atoms with van der Waals surface area (Å²) in [6.45, 7) is 3.97. The van der Waals surface area contributed by atoms with Crippen LogP contribution in [0.2, 0.25) is 0 Å². The first kappa shape index (κ1) is 18.7. The summed E-state index contributed by atoms with van der Waals surface area (Å²) in [4.78, 5) is 1.17. The fraction of sp³-hybridized carbons (Fsp3) is 0.400. The molecule has 3 rings (SSSR count). The van der Waals surface area contributed by atoms with Gasteiger partial charge in [-0.3, -0.25) is 0 Å². The molecule has 1 saturated carbocycles. The van der Waals surface area contributed by atoms with Crippen molar-refractivity contribution in [3.63, 3.8) is 0 Å². The average molecular weight is 366 g/mol. The lowest BCUT2D eigenvalue weighted by Crippen LogP contribution is -3.13. The van der Waals surface area contributed by atoms with Crippen LogP contribution in [0.15, 0.2) is 29.8 Å². The van der Waals surface area contributed by atoms with Crippen LogP contribution < -0.4 is 4.90 Å². The smallest absolute Gasteiger partial charge is 0.190 e. The first-order valence-corrected chi connectivity index (χ1v) is 8.73. The van der Waals surface area contributed by atoms with Gasteiger partial charge in [-0.05, 0) is 30.2 Å². The number of benzene rings is 1. The van der Waals surface area contributed by atoms with E-state index in [1.165, 1.54) is 11.0 Å². The molecule has 2 unspecified atom stereocenters. The number of nitriles is 3. The maximum absolute atomic E-state index is 14.7. The zero-order valence-electron chi connectivity index (χ0n) is 14.8. The van der Waals surface area contributed by atoms with Gasteiger partial charge in [-0.1, -0.05) is 6.07 Å². The third-order valence-corrected chi connectivity index (χ3v) is 5.76. The van der Waals surface area contributed by atoms with Crippen LogP contribution in [0.4, 0.5) is 8.78 Å². The van der Waals surface area contributed by atoms with Gasteiger partial charge in [0.2, 0.25) is 0 Å². The molecule has 1 aliphatic carbocycles. The first-order valence-electron chi connectivity index (χ1n) is 8.73. The molecule has 2 N–H and O–H groups in total. The van der Waals surface area contributed by atoms with E-state index in [1.54, 1.807) is 0 Å². The van der Waals surface area contributed by atoms with E-state index in [0.717, 1.165) is 18.7 Å². The molecule has 136 valence electrons. The number of halogens is 2. The minimum Gasteiger partial charge on any atom is -0.331 e. The molecule has 0 saturated heterocycles. The van der Waals surface area contributed by atoms with E-state index < -0.39 is 34.8 Å². The molecule has 1 aliphatic heterocycles. The summed E-state index contributed by atoms with van der Waals surface area (Å²) in [5.74, 6) is -4.00. The molecule has 27 heavy (non-hydrogen) atoms. The maximum Gasteiger partial charge on any atom is 0.190 e. The summed E-state index contributed by atoms with van der Waals surface area (Å²) in [5, 5.41) is 37.8. The number of likely N-dealkylation sites (N-methyl/N-ethyl adjacent to an activating group) is 1. The molecule has 5 nitrogen and oxygen atoms in total. The van der Waals surface area contributed by atoms with Gasteiger partial charge >= 0.3 is 0 Å². The maximum atomic E-state index is 14.7. The van der Waals surface area contributed by atoms with Gasteiger partial charge in [0, 0.05) is 17.9 Å². The van der Waals surface area contributed by atoms with E-state index in [4.69, 9.17) is 5.41 Å². The molecule has 0 radical (unpaired) electrons. The van der Waals surface area contributed by atoms with Gasteiger partial charge < -0.3 is 10.3 Å². The van der Waals surface area contributed by atoms with E-state index in [1.807, 2.05) is 31.2 Å². The molecule has 0 bridgehead atoms. The molecule has 0 spiro atoms. The highest BCUT2D eigenvalue weighted by Crippen LogP contribution is 2.52. The third kappa shape index (κ3) is 2.70. The normalized spacial score (nSPS) is 28.9. The molecule has 4 atom stereocenters. The summed E-state index contributed by atoms with van der Waals surface area (Å²) < 4.78 is 28.1. The van der Waals surface area contributed by atoms with Crippen molar-refractivity contribution < 1.29 is 13.7 Å². The summed E-state index contributed by atoms with van der Waals surface area (Å²) in [7, 11) is 0. The predicted octanol–water partition coefficient (Wildman–Crippen LogP) is 1.72. The van der Waals surface area contributed by atoms with Crippen LogP contribution in [0, 0.1) is 68.3 Å². The Balaban J connectivity index is 2.29. The topological polar surface area (TPSA) is 99.7 Å². The number of nitrogens with zero attached hydrogens (tertiary/aromatic N) is 3. The summed E-state index contributed by atoms with van der Waals surface area (Å²) in [6.07, 6.45) is 1.88. The van der Waals surface area contributed by atoms with Crippen molar-refractivity contribution in [2.24, 2.45) is 17.3 Å². The molecule has 0 amide bonds. The van der Waals surface area contributed by atoms with Gasteiger partial charge in [0.25, 0.3) is 0 Å². The van der Waals surface area contributed by atoms with Crippen LogP contribution in [0.5, 0.6) is 0 Å². The molecule has 2 aliphatic rings. The van der Waals surface area contributed by atoms with Gasteiger partial charge in [-0.15, -0.1) is 0 Å². The molecule has 1 heterocycles. The van der Waals surface area contributed by atoms with Crippen LogP contribution in [0.3, 0.4) is 0 Å². The van der Waals surface area contributed by atoms with E-state index in [9.17, 15) is 24.6 Å². The van der Waals surface area contributed by atoms with Crippen LogP contribution in [0.1, 0.15) is 18.4 Å². The Bertz CT molecular complexity index is 933. The van der Waals surface area contributed by atoms with Crippen molar-refractivity contribution in [2.45, 2.75) is 12.8 Å². The van der Waals surface area contributed by atoms with E-state index >= 15 is 0 Å². The first-order chi connectivity index (χ1) is 12.9. The average Bonchev–Trinajstić information content (AvgIpc) is 2.67. The Morgan fingerprint density at radius 3 is 2.52 bits per heavy atom. The second-order valence-electron chi connectivity index (χ2n) is 6.97. The largest absolute Gasteiger partial charge is 0.331 e. The number of fused-ring (bicyclic) bond motifs is 1. The van der Waals surface area contributed by atoms with Gasteiger partial charge in [0.05, 0.1) is 43.6 Å². The van der Waals surface area contributed by atoms with Crippen LogP contribution in [-0.4, -0.2) is 25.3 Å². The summed E-state index contributed by atoms with van der Waals surface area (Å²) in [6, 6.07) is 8.92. The molecule has 1 aromatic rings. The highest BCUT2D eigenvalue weighted by Gasteiger charge is 2.59. The number of rotatable bonds is 2. The van der Waals surface area contributed by atoms with Gasteiger partial charge in [0.15, 0.2) is 5.41 Å². The highest BCUT2D eigenvalue weighted by atomic mass is 19.1. The van der Waals surface area contributed by atoms with Crippen molar-refractivity contribution in [1.82, 2.24) is 0 Å². The van der Waals surface area contributed by atoms with Gasteiger partial charge in [-0.2, -0.15) is 15.8 Å². The lowest BCUT2D eigenvalue weighted by Gasteiger charge is -2.46. The van der Waals surface area contributed by atoms with Crippen LogP contribution in [0.25, 0.3) is 0 Å². The minimum absolute atomic E-state index is 0.0360. The molecule has 1 aromatic carbocycles. The van der Waals surface area contributed by atoms with Crippen molar-refractivity contribution in [3.8, 4) is 18.2 Å². The number of nitrogens with one attached hydrogen (secondary N) is 2. The predicted molar refractivity (Wildman–Crippen MR) is 92.4 cm³/mol. The molecule has 7 heteroatoms. The zero-order valence-corrected chi connectivity index (χ0v) is 14.8. The highest BCUT2D eigenvalue weighted by molar-refractivity contribution is 6.00.